The highest BCUT2D eigenvalue weighted by molar-refractivity contribution is 5.76. The van der Waals surface area contributed by atoms with Gasteiger partial charge in [-0.2, -0.15) is 0 Å². The molecular weight excluding hydrogens is 232 g/mol. The van der Waals surface area contributed by atoms with Crippen LogP contribution in [0.25, 0.3) is 0 Å². The summed E-state index contributed by atoms with van der Waals surface area (Å²) >= 11 is 0. The number of halogens is 2. The van der Waals surface area contributed by atoms with Gasteiger partial charge in [0.1, 0.15) is 11.6 Å². The molecule has 0 spiro atoms. The summed E-state index contributed by atoms with van der Waals surface area (Å²) in [5, 5.41) is 8.87. The molecule has 0 fully saturated rings. The monoisotopic (exact) mass is 245 g/mol. The minimum Gasteiger partial charge on any atom is -0.481 e. The number of carboxylic acid groups (broad SMARTS) is 1. The molecule has 0 amide bonds. The summed E-state index contributed by atoms with van der Waals surface area (Å²) in [4.78, 5) is 10.9. The number of carbonyl (C=O) groups is 1. The summed E-state index contributed by atoms with van der Waals surface area (Å²) in [6, 6.07) is 2.10. The van der Waals surface area contributed by atoms with E-state index in [1.54, 1.807) is 0 Å². The molecule has 1 aromatic rings. The predicted octanol–water partition coefficient (Wildman–Crippen LogP) is 1.24. The van der Waals surface area contributed by atoms with Crippen LogP contribution >= 0.6 is 0 Å². The van der Waals surface area contributed by atoms with Crippen LogP contribution in [0.3, 0.4) is 0 Å². The largest absolute Gasteiger partial charge is 0.481 e. The Morgan fingerprint density at radius 1 is 1.53 bits per heavy atom. The van der Waals surface area contributed by atoms with Crippen LogP contribution in [0.5, 0.6) is 0 Å². The molecule has 0 saturated carbocycles. The van der Waals surface area contributed by atoms with Gasteiger partial charge in [0.25, 0.3) is 0 Å². The summed E-state index contributed by atoms with van der Waals surface area (Å²) in [6.07, 6.45) is 0. The minimum atomic E-state index is -1.25. The second-order valence-corrected chi connectivity index (χ2v) is 3.49. The van der Waals surface area contributed by atoms with Crippen molar-refractivity contribution in [1.29, 1.82) is 0 Å². The number of carboxylic acids is 1. The Kier molecular flexibility index (Phi) is 4.53. The molecule has 1 atom stereocenters. The topological polar surface area (TPSA) is 72.5 Å². The fraction of sp³-hybridized carbons (Fsp3) is 0.364. The molecule has 0 radical (unpaired) electrons. The fourth-order valence-electron chi connectivity index (χ4n) is 1.52. The van der Waals surface area contributed by atoms with E-state index in [9.17, 15) is 13.6 Å². The average Bonchev–Trinajstić information content (AvgIpc) is 2.28. The highest BCUT2D eigenvalue weighted by atomic mass is 19.1. The molecule has 0 aromatic heterocycles. The van der Waals surface area contributed by atoms with Crippen molar-refractivity contribution >= 4 is 5.97 Å². The molecule has 4 nitrogen and oxygen atoms in total. The molecule has 1 unspecified atom stereocenters. The van der Waals surface area contributed by atoms with Crippen LogP contribution < -0.4 is 5.73 Å². The van der Waals surface area contributed by atoms with Crippen LogP contribution in [-0.4, -0.2) is 24.7 Å². The number of aliphatic carboxylic acids is 1. The lowest BCUT2D eigenvalue weighted by molar-refractivity contribution is -0.138. The highest BCUT2D eigenvalue weighted by Gasteiger charge is 2.24. The quantitative estimate of drug-likeness (QED) is 0.818. The van der Waals surface area contributed by atoms with Crippen LogP contribution in [0.1, 0.15) is 17.0 Å². The number of rotatable bonds is 5. The van der Waals surface area contributed by atoms with E-state index in [0.29, 0.717) is 0 Å². The summed E-state index contributed by atoms with van der Waals surface area (Å²) in [6.45, 7) is -0.521. The summed E-state index contributed by atoms with van der Waals surface area (Å²) in [5.41, 5.74) is 4.85. The Morgan fingerprint density at radius 3 is 2.65 bits per heavy atom. The SMILES string of the molecule is COCc1c(F)ccc(C(CN)C(=O)O)c1F. The second kappa shape index (κ2) is 5.70. The molecule has 0 aliphatic heterocycles. The van der Waals surface area contributed by atoms with E-state index in [-0.39, 0.29) is 24.3 Å². The van der Waals surface area contributed by atoms with Crippen LogP contribution in [0, 0.1) is 11.6 Å². The van der Waals surface area contributed by atoms with Crippen LogP contribution in [0.4, 0.5) is 8.78 Å². The van der Waals surface area contributed by atoms with Crippen molar-refractivity contribution in [1.82, 2.24) is 0 Å². The highest BCUT2D eigenvalue weighted by Crippen LogP contribution is 2.24. The van der Waals surface area contributed by atoms with E-state index < -0.39 is 23.5 Å². The molecule has 6 heteroatoms. The maximum atomic E-state index is 13.9. The molecule has 17 heavy (non-hydrogen) atoms. The average molecular weight is 245 g/mol. The third kappa shape index (κ3) is 2.78. The maximum Gasteiger partial charge on any atom is 0.312 e. The van der Waals surface area contributed by atoms with E-state index in [0.717, 1.165) is 12.1 Å². The third-order valence-electron chi connectivity index (χ3n) is 2.41. The first-order valence-electron chi connectivity index (χ1n) is 4.91. The van der Waals surface area contributed by atoms with E-state index in [2.05, 4.69) is 4.74 Å². The summed E-state index contributed by atoms with van der Waals surface area (Å²) < 4.78 is 31.8. The number of nitrogens with two attached hydrogens (primary N) is 1. The van der Waals surface area contributed by atoms with Gasteiger partial charge in [0.2, 0.25) is 0 Å². The second-order valence-electron chi connectivity index (χ2n) is 3.49. The van der Waals surface area contributed by atoms with Gasteiger partial charge in [0, 0.05) is 24.8 Å². The van der Waals surface area contributed by atoms with Crippen molar-refractivity contribution in [2.24, 2.45) is 5.73 Å². The molecule has 0 aliphatic carbocycles. The Bertz CT molecular complexity index is 423. The first-order valence-corrected chi connectivity index (χ1v) is 4.91. The van der Waals surface area contributed by atoms with Crippen LogP contribution in [-0.2, 0) is 16.1 Å². The lowest BCUT2D eigenvalue weighted by Gasteiger charge is -2.14. The molecule has 3 N–H and O–H groups in total. The van der Waals surface area contributed by atoms with Gasteiger partial charge in [-0.3, -0.25) is 4.79 Å². The zero-order valence-electron chi connectivity index (χ0n) is 9.24. The zero-order chi connectivity index (χ0) is 13.0. The summed E-state index contributed by atoms with van der Waals surface area (Å²) in [7, 11) is 1.29. The number of hydrogen-bond acceptors (Lipinski definition) is 3. The Hall–Kier alpha value is -1.53. The van der Waals surface area contributed by atoms with Crippen molar-refractivity contribution < 1.29 is 23.4 Å². The molecule has 0 bridgehead atoms. The fourth-order valence-corrected chi connectivity index (χ4v) is 1.52. The van der Waals surface area contributed by atoms with Gasteiger partial charge in [-0.05, 0) is 6.07 Å². The molecular formula is C11H13F2NO3. The van der Waals surface area contributed by atoms with E-state index in [1.807, 2.05) is 0 Å². The van der Waals surface area contributed by atoms with Crippen LogP contribution in [0.2, 0.25) is 0 Å². The van der Waals surface area contributed by atoms with E-state index in [1.165, 1.54) is 7.11 Å². The lowest BCUT2D eigenvalue weighted by Crippen LogP contribution is -2.23. The van der Waals surface area contributed by atoms with Crippen molar-refractivity contribution in [3.63, 3.8) is 0 Å². The van der Waals surface area contributed by atoms with Gasteiger partial charge in [-0.25, -0.2) is 8.78 Å². The van der Waals surface area contributed by atoms with Crippen molar-refractivity contribution in [3.8, 4) is 0 Å². The Balaban J connectivity index is 3.26. The smallest absolute Gasteiger partial charge is 0.312 e. The van der Waals surface area contributed by atoms with Crippen LogP contribution in [0.15, 0.2) is 12.1 Å². The zero-order valence-corrected chi connectivity index (χ0v) is 9.24. The Morgan fingerprint density at radius 2 is 2.18 bits per heavy atom. The van der Waals surface area contributed by atoms with E-state index in [4.69, 9.17) is 10.8 Å². The number of ether oxygens (including phenoxy) is 1. The van der Waals surface area contributed by atoms with Gasteiger partial charge >= 0.3 is 5.97 Å². The Labute approximate surface area is 97.0 Å². The molecule has 0 aliphatic rings. The van der Waals surface area contributed by atoms with E-state index >= 15 is 0 Å². The van der Waals surface area contributed by atoms with Gasteiger partial charge in [-0.15, -0.1) is 0 Å². The summed E-state index contributed by atoms with van der Waals surface area (Å²) in [5.74, 6) is -4.12. The molecule has 0 saturated heterocycles. The number of benzene rings is 1. The predicted molar refractivity (Wildman–Crippen MR) is 56.5 cm³/mol. The van der Waals surface area contributed by atoms with Gasteiger partial charge in [-0.1, -0.05) is 6.07 Å². The third-order valence-corrected chi connectivity index (χ3v) is 2.41. The first-order chi connectivity index (χ1) is 8.02. The van der Waals surface area contributed by atoms with Gasteiger partial charge in [0.05, 0.1) is 12.5 Å². The molecule has 1 aromatic carbocycles. The molecule has 94 valence electrons. The molecule has 0 heterocycles. The minimum absolute atomic E-state index is 0.131. The molecule has 1 rings (SSSR count). The van der Waals surface area contributed by atoms with Crippen molar-refractivity contribution in [2.45, 2.75) is 12.5 Å². The maximum absolute atomic E-state index is 13.9. The van der Waals surface area contributed by atoms with Crippen molar-refractivity contribution in [3.05, 3.63) is 34.9 Å². The van der Waals surface area contributed by atoms with Crippen molar-refractivity contribution in [2.75, 3.05) is 13.7 Å². The van der Waals surface area contributed by atoms with Gasteiger partial charge in [0.15, 0.2) is 0 Å². The number of hydrogen-bond donors (Lipinski definition) is 2. The number of methoxy groups -OCH3 is 1. The van der Waals surface area contributed by atoms with Gasteiger partial charge < -0.3 is 15.6 Å². The standard InChI is InChI=1S/C11H13F2NO3/c1-17-5-8-9(12)3-2-6(10(8)13)7(4-14)11(15)16/h2-3,7H,4-5,14H2,1H3,(H,15,16). The first kappa shape index (κ1) is 13.5. The normalized spacial score (nSPS) is 12.5. The lowest BCUT2D eigenvalue weighted by atomic mass is 9.96.